The molecule has 2 aromatic rings. The molecule has 94 valence electrons. The molecular weight excluding hydrogens is 265 g/mol. The van der Waals surface area contributed by atoms with E-state index in [-0.39, 0.29) is 0 Å². The molecule has 0 aromatic heterocycles. The van der Waals surface area contributed by atoms with Crippen molar-refractivity contribution in [2.75, 3.05) is 0 Å². The van der Waals surface area contributed by atoms with Crippen LogP contribution in [-0.4, -0.2) is 0 Å². The standard InChI is InChI=1S/C15H15Cl2N/c16-9-12-5-7-13(8-6-12)10-18-11-14-3-1-2-4-15(14)17/h1-8,18H,9-11H2. The Kier molecular flexibility index (Phi) is 5.06. The second kappa shape index (κ2) is 6.79. The lowest BCUT2D eigenvalue weighted by Crippen LogP contribution is -2.12. The van der Waals surface area contributed by atoms with E-state index in [2.05, 4.69) is 29.6 Å². The van der Waals surface area contributed by atoms with E-state index in [1.807, 2.05) is 24.3 Å². The summed E-state index contributed by atoms with van der Waals surface area (Å²) in [6.45, 7) is 1.60. The minimum atomic E-state index is 0.563. The van der Waals surface area contributed by atoms with Crippen molar-refractivity contribution in [1.29, 1.82) is 0 Å². The van der Waals surface area contributed by atoms with Crippen LogP contribution in [0.2, 0.25) is 5.02 Å². The molecule has 0 unspecified atom stereocenters. The molecule has 0 fully saturated rings. The SMILES string of the molecule is ClCc1ccc(CNCc2ccccc2Cl)cc1. The molecule has 0 radical (unpaired) electrons. The third-order valence-electron chi connectivity index (χ3n) is 2.78. The maximum Gasteiger partial charge on any atom is 0.0474 e. The first kappa shape index (κ1) is 13.4. The first-order valence-corrected chi connectivity index (χ1v) is 6.79. The van der Waals surface area contributed by atoms with Gasteiger partial charge in [0, 0.05) is 24.0 Å². The van der Waals surface area contributed by atoms with Gasteiger partial charge < -0.3 is 5.32 Å². The summed E-state index contributed by atoms with van der Waals surface area (Å²) in [7, 11) is 0. The van der Waals surface area contributed by atoms with Crippen LogP contribution in [0.4, 0.5) is 0 Å². The summed E-state index contributed by atoms with van der Waals surface area (Å²) >= 11 is 11.8. The smallest absolute Gasteiger partial charge is 0.0474 e. The van der Waals surface area contributed by atoms with Crippen LogP contribution in [0.25, 0.3) is 0 Å². The lowest BCUT2D eigenvalue weighted by molar-refractivity contribution is 0.693. The molecule has 0 heterocycles. The third-order valence-corrected chi connectivity index (χ3v) is 3.46. The fourth-order valence-corrected chi connectivity index (χ4v) is 2.11. The molecule has 3 heteroatoms. The lowest BCUT2D eigenvalue weighted by atomic mass is 10.1. The fraction of sp³-hybridized carbons (Fsp3) is 0.200. The summed E-state index contributed by atoms with van der Waals surface area (Å²) in [5, 5.41) is 4.19. The number of nitrogens with one attached hydrogen (secondary N) is 1. The number of rotatable bonds is 5. The highest BCUT2D eigenvalue weighted by molar-refractivity contribution is 6.31. The van der Waals surface area contributed by atoms with Crippen LogP contribution in [0.5, 0.6) is 0 Å². The summed E-state index contributed by atoms with van der Waals surface area (Å²) in [4.78, 5) is 0. The van der Waals surface area contributed by atoms with E-state index in [0.717, 1.165) is 29.2 Å². The minimum absolute atomic E-state index is 0.563. The van der Waals surface area contributed by atoms with Crippen molar-refractivity contribution in [2.45, 2.75) is 19.0 Å². The van der Waals surface area contributed by atoms with Crippen molar-refractivity contribution in [2.24, 2.45) is 0 Å². The first-order valence-electron chi connectivity index (χ1n) is 5.87. The quantitative estimate of drug-likeness (QED) is 0.802. The Balaban J connectivity index is 1.86. The predicted molar refractivity (Wildman–Crippen MR) is 78.0 cm³/mol. The summed E-state index contributed by atoms with van der Waals surface area (Å²) in [6, 6.07) is 16.2. The van der Waals surface area contributed by atoms with Gasteiger partial charge in [0.2, 0.25) is 0 Å². The Morgan fingerprint density at radius 3 is 2.17 bits per heavy atom. The second-order valence-corrected chi connectivity index (χ2v) is 4.82. The zero-order valence-electron chi connectivity index (χ0n) is 10.00. The van der Waals surface area contributed by atoms with Gasteiger partial charge in [-0.25, -0.2) is 0 Å². The second-order valence-electron chi connectivity index (χ2n) is 4.15. The van der Waals surface area contributed by atoms with Crippen LogP contribution in [-0.2, 0) is 19.0 Å². The van der Waals surface area contributed by atoms with E-state index in [4.69, 9.17) is 23.2 Å². The Hall–Kier alpha value is -1.02. The fourth-order valence-electron chi connectivity index (χ4n) is 1.73. The van der Waals surface area contributed by atoms with Crippen molar-refractivity contribution in [3.05, 3.63) is 70.2 Å². The molecule has 1 nitrogen and oxygen atoms in total. The van der Waals surface area contributed by atoms with E-state index < -0.39 is 0 Å². The van der Waals surface area contributed by atoms with Crippen LogP contribution in [0.15, 0.2) is 48.5 Å². The van der Waals surface area contributed by atoms with Crippen molar-refractivity contribution in [3.63, 3.8) is 0 Å². The van der Waals surface area contributed by atoms with Crippen LogP contribution >= 0.6 is 23.2 Å². The summed E-state index contributed by atoms with van der Waals surface area (Å²) in [5.41, 5.74) is 3.51. The summed E-state index contributed by atoms with van der Waals surface area (Å²) in [5.74, 6) is 0.563. The summed E-state index contributed by atoms with van der Waals surface area (Å²) in [6.07, 6.45) is 0. The zero-order chi connectivity index (χ0) is 12.8. The number of benzene rings is 2. The molecule has 0 aliphatic rings. The van der Waals surface area contributed by atoms with Crippen molar-refractivity contribution >= 4 is 23.2 Å². The van der Waals surface area contributed by atoms with E-state index in [1.54, 1.807) is 0 Å². The van der Waals surface area contributed by atoms with E-state index in [9.17, 15) is 0 Å². The Morgan fingerprint density at radius 2 is 1.50 bits per heavy atom. The van der Waals surface area contributed by atoms with Crippen molar-refractivity contribution in [1.82, 2.24) is 5.32 Å². The van der Waals surface area contributed by atoms with Gasteiger partial charge in [-0.3, -0.25) is 0 Å². The topological polar surface area (TPSA) is 12.0 Å². The maximum absolute atomic E-state index is 6.09. The van der Waals surface area contributed by atoms with Gasteiger partial charge >= 0.3 is 0 Å². The lowest BCUT2D eigenvalue weighted by Gasteiger charge is -2.07. The molecule has 0 spiro atoms. The summed E-state index contributed by atoms with van der Waals surface area (Å²) < 4.78 is 0. The van der Waals surface area contributed by atoms with Crippen molar-refractivity contribution in [3.8, 4) is 0 Å². The average Bonchev–Trinajstić information content (AvgIpc) is 2.42. The largest absolute Gasteiger partial charge is 0.309 e. The molecular formula is C15H15Cl2N. The highest BCUT2D eigenvalue weighted by Crippen LogP contribution is 2.14. The van der Waals surface area contributed by atoms with Gasteiger partial charge in [-0.1, -0.05) is 54.1 Å². The van der Waals surface area contributed by atoms with Gasteiger partial charge in [0.15, 0.2) is 0 Å². The van der Waals surface area contributed by atoms with Gasteiger partial charge in [0.05, 0.1) is 0 Å². The van der Waals surface area contributed by atoms with Crippen LogP contribution in [0.1, 0.15) is 16.7 Å². The number of hydrogen-bond donors (Lipinski definition) is 1. The van der Waals surface area contributed by atoms with E-state index in [0.29, 0.717) is 5.88 Å². The maximum atomic E-state index is 6.09. The van der Waals surface area contributed by atoms with E-state index in [1.165, 1.54) is 5.56 Å². The number of halogens is 2. The monoisotopic (exact) mass is 279 g/mol. The van der Waals surface area contributed by atoms with Gasteiger partial charge in [-0.15, -0.1) is 11.6 Å². The van der Waals surface area contributed by atoms with Crippen LogP contribution in [0.3, 0.4) is 0 Å². The first-order chi connectivity index (χ1) is 8.79. The molecule has 18 heavy (non-hydrogen) atoms. The molecule has 0 aliphatic heterocycles. The average molecular weight is 280 g/mol. The van der Waals surface area contributed by atoms with Crippen molar-refractivity contribution < 1.29 is 0 Å². The van der Waals surface area contributed by atoms with E-state index >= 15 is 0 Å². The molecule has 0 amide bonds. The predicted octanol–water partition coefficient (Wildman–Crippen LogP) is 4.37. The molecule has 2 aromatic carbocycles. The van der Waals surface area contributed by atoms with Gasteiger partial charge in [-0.05, 0) is 22.8 Å². The highest BCUT2D eigenvalue weighted by atomic mass is 35.5. The molecule has 0 aliphatic carbocycles. The molecule has 0 saturated carbocycles. The molecule has 0 bridgehead atoms. The molecule has 0 atom stereocenters. The van der Waals surface area contributed by atoms with Crippen LogP contribution < -0.4 is 5.32 Å². The van der Waals surface area contributed by atoms with Crippen LogP contribution in [0, 0.1) is 0 Å². The molecule has 0 saturated heterocycles. The zero-order valence-corrected chi connectivity index (χ0v) is 11.5. The van der Waals surface area contributed by atoms with Gasteiger partial charge in [0.1, 0.15) is 0 Å². The van der Waals surface area contributed by atoms with Gasteiger partial charge in [0.25, 0.3) is 0 Å². The Morgan fingerprint density at radius 1 is 0.833 bits per heavy atom. The molecule has 2 rings (SSSR count). The molecule has 1 N–H and O–H groups in total. The van der Waals surface area contributed by atoms with Gasteiger partial charge in [-0.2, -0.15) is 0 Å². The third kappa shape index (κ3) is 3.74. The normalized spacial score (nSPS) is 10.6. The minimum Gasteiger partial charge on any atom is -0.309 e. The highest BCUT2D eigenvalue weighted by Gasteiger charge is 1.98. The Labute approximate surface area is 118 Å². The number of alkyl halides is 1. The Bertz CT molecular complexity index is 494. The number of hydrogen-bond acceptors (Lipinski definition) is 1.